The molecule has 82 valence electrons. The Morgan fingerprint density at radius 1 is 1.21 bits per heavy atom. The predicted molar refractivity (Wildman–Crippen MR) is 47.6 cm³/mol. The second-order valence-electron chi connectivity index (χ2n) is 3.60. The van der Waals surface area contributed by atoms with Gasteiger partial charge in [-0.15, -0.1) is 0 Å². The molecular weight excluding hydrogens is 188 g/mol. The maximum absolute atomic E-state index is 10.7. The molecule has 5 heteroatoms. The highest BCUT2D eigenvalue weighted by Gasteiger charge is 2.42. The lowest BCUT2D eigenvalue weighted by atomic mass is 9.96. The van der Waals surface area contributed by atoms with Gasteiger partial charge in [-0.1, -0.05) is 0 Å². The Kier molecular flexibility index (Phi) is 3.47. The summed E-state index contributed by atoms with van der Waals surface area (Å²) in [6.45, 7) is 4.61. The van der Waals surface area contributed by atoms with Crippen LogP contribution in [0.3, 0.4) is 0 Å². The molecule has 14 heavy (non-hydrogen) atoms. The summed E-state index contributed by atoms with van der Waals surface area (Å²) in [5, 5.41) is 19.1. The normalized spacial score (nSPS) is 43.4. The van der Waals surface area contributed by atoms with Crippen LogP contribution in [0.2, 0.25) is 0 Å². The number of carbonyl (C=O) groups is 1. The van der Waals surface area contributed by atoms with Crippen LogP contribution >= 0.6 is 0 Å². The Balaban J connectivity index is 2.68. The predicted octanol–water partition coefficient (Wildman–Crippen LogP) is -0.553. The molecule has 1 fully saturated rings. The molecule has 2 N–H and O–H groups in total. The van der Waals surface area contributed by atoms with Crippen molar-refractivity contribution in [3.05, 3.63) is 0 Å². The molecule has 0 aliphatic carbocycles. The van der Waals surface area contributed by atoms with E-state index in [4.69, 9.17) is 9.47 Å². The van der Waals surface area contributed by atoms with Gasteiger partial charge in [0.15, 0.2) is 6.10 Å². The quantitative estimate of drug-likeness (QED) is 0.560. The third-order valence-corrected chi connectivity index (χ3v) is 2.36. The molecule has 0 aromatic heterocycles. The molecule has 0 radical (unpaired) electrons. The van der Waals surface area contributed by atoms with E-state index < -0.39 is 36.5 Å². The monoisotopic (exact) mass is 204 g/mol. The topological polar surface area (TPSA) is 76.0 Å². The zero-order chi connectivity index (χ0) is 10.9. The van der Waals surface area contributed by atoms with Crippen molar-refractivity contribution in [2.75, 3.05) is 0 Å². The van der Waals surface area contributed by atoms with Gasteiger partial charge in [0, 0.05) is 6.92 Å². The number of esters is 1. The van der Waals surface area contributed by atoms with E-state index >= 15 is 0 Å². The first kappa shape index (κ1) is 11.4. The lowest BCUT2D eigenvalue weighted by Gasteiger charge is -2.39. The molecule has 0 aromatic rings. The molecule has 0 aromatic carbocycles. The van der Waals surface area contributed by atoms with Crippen LogP contribution in [0.5, 0.6) is 0 Å². The van der Waals surface area contributed by atoms with Crippen LogP contribution < -0.4 is 0 Å². The van der Waals surface area contributed by atoms with Crippen molar-refractivity contribution < 1.29 is 24.5 Å². The molecule has 1 aliphatic heterocycles. The Morgan fingerprint density at radius 3 is 2.29 bits per heavy atom. The summed E-state index contributed by atoms with van der Waals surface area (Å²) in [6.07, 6.45) is -3.76. The highest BCUT2D eigenvalue weighted by molar-refractivity contribution is 5.66. The van der Waals surface area contributed by atoms with Crippen LogP contribution in [-0.4, -0.2) is 46.7 Å². The van der Waals surface area contributed by atoms with Crippen molar-refractivity contribution in [1.82, 2.24) is 0 Å². The number of hydrogen-bond acceptors (Lipinski definition) is 5. The van der Waals surface area contributed by atoms with Gasteiger partial charge in [-0.25, -0.2) is 0 Å². The van der Waals surface area contributed by atoms with Gasteiger partial charge < -0.3 is 19.7 Å². The molecule has 1 heterocycles. The van der Waals surface area contributed by atoms with Gasteiger partial charge in [0.1, 0.15) is 12.2 Å². The largest absolute Gasteiger partial charge is 0.457 e. The van der Waals surface area contributed by atoms with Crippen LogP contribution in [0.1, 0.15) is 20.8 Å². The first-order chi connectivity index (χ1) is 6.43. The van der Waals surface area contributed by atoms with E-state index in [-0.39, 0.29) is 0 Å². The molecule has 1 saturated heterocycles. The van der Waals surface area contributed by atoms with Gasteiger partial charge in [0.2, 0.25) is 0 Å². The Hall–Kier alpha value is -0.650. The second kappa shape index (κ2) is 4.25. The number of aliphatic hydroxyl groups is 2. The first-order valence-corrected chi connectivity index (χ1v) is 4.62. The zero-order valence-electron chi connectivity index (χ0n) is 8.51. The van der Waals surface area contributed by atoms with Gasteiger partial charge in [-0.05, 0) is 13.8 Å². The molecule has 0 bridgehead atoms. The number of aliphatic hydroxyl groups excluding tert-OH is 2. The highest BCUT2D eigenvalue weighted by atomic mass is 16.6. The molecule has 5 nitrogen and oxygen atoms in total. The smallest absolute Gasteiger partial charge is 0.303 e. The minimum absolute atomic E-state index is 0.410. The highest BCUT2D eigenvalue weighted by Crippen LogP contribution is 2.22. The van der Waals surface area contributed by atoms with Crippen molar-refractivity contribution in [2.45, 2.75) is 51.3 Å². The van der Waals surface area contributed by atoms with Gasteiger partial charge in [-0.3, -0.25) is 4.79 Å². The Bertz CT molecular complexity index is 217. The number of rotatable bonds is 1. The van der Waals surface area contributed by atoms with Crippen LogP contribution in [0, 0.1) is 0 Å². The van der Waals surface area contributed by atoms with Crippen molar-refractivity contribution in [2.24, 2.45) is 0 Å². The standard InChI is InChI=1S/C9H16O5/c1-4-7(11)8(12)9(5(2)13-4)14-6(3)10/h4-5,7-9,11-12H,1-3H3/t4?,5-,7?,8+,9?/m0/s1. The molecule has 3 unspecified atom stereocenters. The molecule has 5 atom stereocenters. The van der Waals surface area contributed by atoms with Gasteiger partial charge in [-0.2, -0.15) is 0 Å². The summed E-state index contributed by atoms with van der Waals surface area (Å²) >= 11 is 0. The van der Waals surface area contributed by atoms with Crippen LogP contribution in [0.15, 0.2) is 0 Å². The summed E-state index contributed by atoms with van der Waals surface area (Å²) in [5.74, 6) is -0.494. The lowest BCUT2D eigenvalue weighted by Crippen LogP contribution is -2.57. The third kappa shape index (κ3) is 2.23. The minimum atomic E-state index is -1.09. The molecule has 1 aliphatic rings. The number of carbonyl (C=O) groups excluding carboxylic acids is 1. The van der Waals surface area contributed by atoms with Crippen LogP contribution in [-0.2, 0) is 14.3 Å². The summed E-state index contributed by atoms with van der Waals surface area (Å²) in [4.78, 5) is 10.7. The van der Waals surface area contributed by atoms with E-state index in [0.29, 0.717) is 0 Å². The lowest BCUT2D eigenvalue weighted by molar-refractivity contribution is -0.224. The fourth-order valence-electron chi connectivity index (χ4n) is 1.60. The van der Waals surface area contributed by atoms with E-state index in [2.05, 4.69) is 0 Å². The SMILES string of the molecule is CC(=O)OC1[C@H](O)C(O)C(C)O[C@H]1C. The molecule has 0 amide bonds. The summed E-state index contributed by atoms with van der Waals surface area (Å²) < 4.78 is 10.2. The van der Waals surface area contributed by atoms with E-state index in [1.165, 1.54) is 6.92 Å². The van der Waals surface area contributed by atoms with Gasteiger partial charge >= 0.3 is 5.97 Å². The Labute approximate surface area is 82.6 Å². The molecule has 0 spiro atoms. The van der Waals surface area contributed by atoms with E-state index in [0.717, 1.165) is 0 Å². The van der Waals surface area contributed by atoms with E-state index in [1.54, 1.807) is 13.8 Å². The van der Waals surface area contributed by atoms with Gasteiger partial charge in [0.05, 0.1) is 12.2 Å². The first-order valence-electron chi connectivity index (χ1n) is 4.62. The van der Waals surface area contributed by atoms with E-state index in [9.17, 15) is 15.0 Å². The average Bonchev–Trinajstić information content (AvgIpc) is 2.09. The van der Waals surface area contributed by atoms with E-state index in [1.807, 2.05) is 0 Å². The van der Waals surface area contributed by atoms with Crippen molar-refractivity contribution in [3.63, 3.8) is 0 Å². The molecule has 0 saturated carbocycles. The molecular formula is C9H16O5. The summed E-state index contributed by atoms with van der Waals surface area (Å²) in [7, 11) is 0. The van der Waals surface area contributed by atoms with Crippen LogP contribution in [0.25, 0.3) is 0 Å². The Morgan fingerprint density at radius 2 is 1.79 bits per heavy atom. The minimum Gasteiger partial charge on any atom is -0.457 e. The fourth-order valence-corrected chi connectivity index (χ4v) is 1.60. The van der Waals surface area contributed by atoms with Crippen molar-refractivity contribution in [3.8, 4) is 0 Å². The second-order valence-corrected chi connectivity index (χ2v) is 3.60. The zero-order valence-corrected chi connectivity index (χ0v) is 8.51. The summed E-state index contributed by atoms with van der Waals surface area (Å²) in [6, 6.07) is 0. The van der Waals surface area contributed by atoms with Crippen LogP contribution in [0.4, 0.5) is 0 Å². The van der Waals surface area contributed by atoms with Gasteiger partial charge in [0.25, 0.3) is 0 Å². The maximum atomic E-state index is 10.7. The van der Waals surface area contributed by atoms with Crippen molar-refractivity contribution >= 4 is 5.97 Å². The average molecular weight is 204 g/mol. The third-order valence-electron chi connectivity index (χ3n) is 2.36. The summed E-state index contributed by atoms with van der Waals surface area (Å²) in [5.41, 5.74) is 0. The number of hydrogen-bond donors (Lipinski definition) is 2. The fraction of sp³-hybridized carbons (Fsp3) is 0.889. The molecule has 1 rings (SSSR count). The maximum Gasteiger partial charge on any atom is 0.303 e. The van der Waals surface area contributed by atoms with Crippen molar-refractivity contribution in [1.29, 1.82) is 0 Å². The number of ether oxygens (including phenoxy) is 2.